The zero-order valence-electron chi connectivity index (χ0n) is 30.6. The van der Waals surface area contributed by atoms with Crippen LogP contribution in [0.4, 0.5) is 0 Å². The van der Waals surface area contributed by atoms with E-state index in [1.165, 1.54) is 0 Å². The van der Waals surface area contributed by atoms with Crippen LogP contribution in [0.15, 0.2) is 48.5 Å². The Hall–Kier alpha value is -2.66. The molecule has 0 saturated heterocycles. The van der Waals surface area contributed by atoms with Crippen LogP contribution >= 0.6 is 72.8 Å². The van der Waals surface area contributed by atoms with E-state index in [9.17, 15) is 19.8 Å². The van der Waals surface area contributed by atoms with E-state index in [2.05, 4.69) is 51.5 Å². The van der Waals surface area contributed by atoms with Crippen LogP contribution in [0.25, 0.3) is 22.3 Å². The minimum atomic E-state index is -0.998. The fraction of sp³-hybridized carbons (Fsp3) is 0.368. The van der Waals surface area contributed by atoms with Gasteiger partial charge >= 0.3 is 11.9 Å². The van der Waals surface area contributed by atoms with Gasteiger partial charge in [-0.05, 0) is 84.0 Å². The van der Waals surface area contributed by atoms with Gasteiger partial charge in [0, 0.05) is 45.6 Å². The van der Waals surface area contributed by atoms with Crippen molar-refractivity contribution in [3.05, 3.63) is 104 Å². The Bertz CT molecular complexity index is 1670. The number of pyridine rings is 2. The molecule has 0 atom stereocenters. The molecular formula is C38H50Cl6N4O4. The van der Waals surface area contributed by atoms with Gasteiger partial charge in [-0.2, -0.15) is 0 Å². The lowest BCUT2D eigenvalue weighted by Gasteiger charge is -2.23. The lowest BCUT2D eigenvalue weighted by atomic mass is 9.85. The number of aryl methyl sites for hydroxylation is 2. The number of hydrogen-bond donors (Lipinski definition) is 4. The number of rotatable bonds is 8. The zero-order valence-corrected chi connectivity index (χ0v) is 35.4. The van der Waals surface area contributed by atoms with Gasteiger partial charge in [0.15, 0.2) is 0 Å². The minimum Gasteiger partial charge on any atom is -0.478 e. The van der Waals surface area contributed by atoms with Crippen LogP contribution in [0, 0.1) is 24.7 Å². The second-order valence-corrected chi connectivity index (χ2v) is 15.1. The third-order valence-corrected chi connectivity index (χ3v) is 8.13. The van der Waals surface area contributed by atoms with Gasteiger partial charge in [-0.1, -0.05) is 89.0 Å². The molecule has 52 heavy (non-hydrogen) atoms. The van der Waals surface area contributed by atoms with Crippen molar-refractivity contribution in [1.29, 1.82) is 0 Å². The fourth-order valence-corrected chi connectivity index (χ4v) is 5.99. The fourth-order valence-electron chi connectivity index (χ4n) is 5.73. The number of carboxylic acids is 2. The topological polar surface area (TPSA) is 152 Å². The average molecular weight is 840 g/mol. The molecule has 8 nitrogen and oxygen atoms in total. The summed E-state index contributed by atoms with van der Waals surface area (Å²) in [5, 5.41) is 20.6. The van der Waals surface area contributed by atoms with Crippen molar-refractivity contribution in [1.82, 2.24) is 9.97 Å². The Morgan fingerprint density at radius 1 is 0.596 bits per heavy atom. The van der Waals surface area contributed by atoms with Crippen molar-refractivity contribution < 1.29 is 19.8 Å². The van der Waals surface area contributed by atoms with Crippen LogP contribution in [-0.2, 0) is 25.9 Å². The van der Waals surface area contributed by atoms with Crippen LogP contribution < -0.4 is 11.5 Å². The molecule has 4 aromatic rings. The normalized spacial score (nSPS) is 10.7. The quantitative estimate of drug-likeness (QED) is 0.137. The highest BCUT2D eigenvalue weighted by molar-refractivity contribution is 6.31. The lowest BCUT2D eigenvalue weighted by molar-refractivity contribution is 0.0685. The van der Waals surface area contributed by atoms with Crippen LogP contribution in [-0.4, -0.2) is 32.1 Å². The maximum atomic E-state index is 11.8. The Kier molecular flexibility index (Phi) is 21.1. The Balaban J connectivity index is 0. The van der Waals surface area contributed by atoms with Crippen LogP contribution in [0.2, 0.25) is 10.0 Å². The zero-order chi connectivity index (χ0) is 36.1. The van der Waals surface area contributed by atoms with E-state index in [-0.39, 0.29) is 84.7 Å². The van der Waals surface area contributed by atoms with Gasteiger partial charge in [0.2, 0.25) is 0 Å². The van der Waals surface area contributed by atoms with Gasteiger partial charge in [-0.3, -0.25) is 9.97 Å². The molecule has 0 amide bonds. The van der Waals surface area contributed by atoms with Crippen molar-refractivity contribution >= 4 is 84.8 Å². The number of benzene rings is 2. The number of carboxylic acid groups (broad SMARTS) is 2. The van der Waals surface area contributed by atoms with E-state index >= 15 is 0 Å². The molecule has 0 saturated carbocycles. The van der Waals surface area contributed by atoms with Crippen molar-refractivity contribution in [2.75, 3.05) is 0 Å². The SMILES string of the molecule is Cc1nc(CC(C)(C)C)c(CN)c(-c2ccc(Cl)cc2)c1C(=O)O.Cc1nc(CC(C)(C)C)c(CN)c(-c2ccc(Cl)cc2)c1C(=O)O.Cl.Cl.Cl.Cl. The highest BCUT2D eigenvalue weighted by Crippen LogP contribution is 2.36. The Morgan fingerprint density at radius 2 is 0.865 bits per heavy atom. The molecule has 6 N–H and O–H groups in total. The van der Waals surface area contributed by atoms with Gasteiger partial charge < -0.3 is 21.7 Å². The molecular weight excluding hydrogens is 789 g/mol. The van der Waals surface area contributed by atoms with Crippen molar-refractivity contribution in [3.63, 3.8) is 0 Å². The van der Waals surface area contributed by atoms with Gasteiger partial charge in [0.05, 0.1) is 22.5 Å². The molecule has 0 fully saturated rings. The molecule has 4 rings (SSSR count). The van der Waals surface area contributed by atoms with E-state index in [0.29, 0.717) is 32.6 Å². The molecule has 2 heterocycles. The largest absolute Gasteiger partial charge is 0.478 e. The summed E-state index contributed by atoms with van der Waals surface area (Å²) >= 11 is 11.9. The van der Waals surface area contributed by atoms with Gasteiger partial charge in [0.1, 0.15) is 0 Å². The third kappa shape index (κ3) is 13.3. The number of aromatic nitrogens is 2. The molecule has 2 aromatic carbocycles. The first-order chi connectivity index (χ1) is 22.3. The standard InChI is InChI=1S/2C19H23ClN2O2.4ClH/c2*1-11-16(18(23)24)17(12-5-7-13(20)8-6-12)14(10-21)15(22-11)9-19(2,3)4;;;;/h2*5-8H,9-10,21H2,1-4H3,(H,23,24);4*1H. The van der Waals surface area contributed by atoms with Crippen molar-refractivity contribution in [2.24, 2.45) is 22.3 Å². The second-order valence-electron chi connectivity index (χ2n) is 14.3. The number of hydrogen-bond acceptors (Lipinski definition) is 6. The summed E-state index contributed by atoms with van der Waals surface area (Å²) < 4.78 is 0. The number of carbonyl (C=O) groups is 2. The van der Waals surface area contributed by atoms with E-state index in [4.69, 9.17) is 34.7 Å². The molecule has 0 aliphatic carbocycles. The Morgan fingerprint density at radius 3 is 1.08 bits per heavy atom. The van der Waals surface area contributed by atoms with Crippen molar-refractivity contribution in [2.45, 2.75) is 81.3 Å². The molecule has 0 bridgehead atoms. The first-order valence-corrected chi connectivity index (χ1v) is 16.5. The van der Waals surface area contributed by atoms with E-state index in [0.717, 1.165) is 46.5 Å². The van der Waals surface area contributed by atoms with E-state index < -0.39 is 11.9 Å². The smallest absolute Gasteiger partial charge is 0.338 e. The Labute approximate surface area is 342 Å². The number of nitrogens with zero attached hydrogens (tertiary/aromatic N) is 2. The first-order valence-electron chi connectivity index (χ1n) is 15.7. The summed E-state index contributed by atoms with van der Waals surface area (Å²) in [6, 6.07) is 14.3. The molecule has 0 spiro atoms. The number of nitrogens with two attached hydrogens (primary N) is 2. The molecule has 14 heteroatoms. The predicted molar refractivity (Wildman–Crippen MR) is 224 cm³/mol. The average Bonchev–Trinajstić information content (AvgIpc) is 2.95. The second kappa shape index (κ2) is 21.3. The highest BCUT2D eigenvalue weighted by atomic mass is 35.5. The van der Waals surface area contributed by atoms with Gasteiger partial charge in [-0.25, -0.2) is 9.59 Å². The molecule has 0 radical (unpaired) electrons. The minimum absolute atomic E-state index is 0. The van der Waals surface area contributed by atoms with Crippen LogP contribution in [0.5, 0.6) is 0 Å². The van der Waals surface area contributed by atoms with Crippen molar-refractivity contribution in [3.8, 4) is 22.3 Å². The molecule has 0 aliphatic rings. The summed E-state index contributed by atoms with van der Waals surface area (Å²) in [5.74, 6) is -2.00. The van der Waals surface area contributed by atoms with E-state index in [1.807, 2.05) is 24.3 Å². The molecule has 0 unspecified atom stereocenters. The summed E-state index contributed by atoms with van der Waals surface area (Å²) in [6.45, 7) is 16.7. The van der Waals surface area contributed by atoms with Gasteiger partial charge in [-0.15, -0.1) is 49.6 Å². The van der Waals surface area contributed by atoms with E-state index in [1.54, 1.807) is 38.1 Å². The molecule has 0 aliphatic heterocycles. The summed E-state index contributed by atoms with van der Waals surface area (Å²) in [4.78, 5) is 32.8. The van der Waals surface area contributed by atoms with Crippen LogP contribution in [0.3, 0.4) is 0 Å². The molecule has 288 valence electrons. The summed E-state index contributed by atoms with van der Waals surface area (Å²) in [6.07, 6.45) is 1.45. The maximum Gasteiger partial charge on any atom is 0.338 e. The number of halogens is 6. The molecule has 2 aromatic heterocycles. The maximum absolute atomic E-state index is 11.8. The highest BCUT2D eigenvalue weighted by Gasteiger charge is 2.26. The summed E-state index contributed by atoms with van der Waals surface area (Å²) in [7, 11) is 0. The van der Waals surface area contributed by atoms with Gasteiger partial charge in [0.25, 0.3) is 0 Å². The monoisotopic (exact) mass is 836 g/mol. The number of aromatic carboxylic acids is 2. The first kappa shape index (κ1) is 51.4. The lowest BCUT2D eigenvalue weighted by Crippen LogP contribution is -2.18. The predicted octanol–water partition coefficient (Wildman–Crippen LogP) is 10.6. The van der Waals surface area contributed by atoms with Crippen LogP contribution in [0.1, 0.15) is 96.2 Å². The summed E-state index contributed by atoms with van der Waals surface area (Å²) in [5.41, 5.74) is 19.6. The third-order valence-electron chi connectivity index (χ3n) is 7.63.